The maximum Gasteiger partial charge on any atom is 0.251 e. The topological polar surface area (TPSA) is 15.7 Å². The quantitative estimate of drug-likeness (QED) is 0.218. The second kappa shape index (κ2) is 15.6. The molecule has 0 amide bonds. The summed E-state index contributed by atoms with van der Waals surface area (Å²) in [6.07, 6.45) is 7.05. The summed E-state index contributed by atoms with van der Waals surface area (Å²) >= 11 is 0. The molecule has 0 radical (unpaired) electrons. The Hall–Kier alpha value is -0.260. The van der Waals surface area contributed by atoms with Crippen molar-refractivity contribution in [1.29, 1.82) is 0 Å². The molecule has 0 aromatic heterocycles. The van der Waals surface area contributed by atoms with Gasteiger partial charge in [-0.3, -0.25) is 9.80 Å². The molecule has 1 aliphatic heterocycles. The summed E-state index contributed by atoms with van der Waals surface area (Å²) < 4.78 is 32.0. The molecule has 192 valence electrons. The average Bonchev–Trinajstić information content (AvgIpc) is 2.70. The van der Waals surface area contributed by atoms with Crippen molar-refractivity contribution in [2.45, 2.75) is 106 Å². The summed E-state index contributed by atoms with van der Waals surface area (Å²) in [6.45, 7) is 21.3. The number of unbranched alkanes of at least 4 members (excludes halogenated alkanes) is 5. The van der Waals surface area contributed by atoms with Crippen LogP contribution in [0.4, 0.5) is 8.78 Å². The molecule has 0 N–H and O–H groups in total. The van der Waals surface area contributed by atoms with E-state index in [1.54, 1.807) is 0 Å². The molecule has 1 heterocycles. The lowest BCUT2D eigenvalue weighted by molar-refractivity contribution is -0.124. The third-order valence-electron chi connectivity index (χ3n) is 7.97. The lowest BCUT2D eigenvalue weighted by Gasteiger charge is -2.51. The van der Waals surface area contributed by atoms with Gasteiger partial charge in [-0.1, -0.05) is 87.0 Å². The van der Waals surface area contributed by atoms with Crippen molar-refractivity contribution in [2.24, 2.45) is 23.2 Å². The van der Waals surface area contributed by atoms with E-state index in [4.69, 9.17) is 4.74 Å². The molecule has 0 aromatic carbocycles. The minimum absolute atomic E-state index is 0.0929. The van der Waals surface area contributed by atoms with Crippen LogP contribution in [0.3, 0.4) is 0 Å². The van der Waals surface area contributed by atoms with Crippen LogP contribution in [0.5, 0.6) is 0 Å². The van der Waals surface area contributed by atoms with Crippen LogP contribution >= 0.6 is 0 Å². The Bertz CT molecular complexity index is 441. The highest BCUT2D eigenvalue weighted by atomic mass is 19.3. The van der Waals surface area contributed by atoms with E-state index in [1.165, 1.54) is 38.5 Å². The molecule has 0 aromatic rings. The predicted molar refractivity (Wildman–Crippen MR) is 134 cm³/mol. The number of halogens is 2. The molecule has 0 bridgehead atoms. The Kier molecular flexibility index (Phi) is 14.5. The molecule has 5 heteroatoms. The highest BCUT2D eigenvalue weighted by Gasteiger charge is 2.47. The molecule has 32 heavy (non-hydrogen) atoms. The van der Waals surface area contributed by atoms with E-state index >= 15 is 0 Å². The van der Waals surface area contributed by atoms with Crippen molar-refractivity contribution in [2.75, 3.05) is 45.9 Å². The maximum absolute atomic E-state index is 12.6. The zero-order valence-corrected chi connectivity index (χ0v) is 22.3. The van der Waals surface area contributed by atoms with Crippen LogP contribution in [0.2, 0.25) is 0 Å². The van der Waals surface area contributed by atoms with Crippen LogP contribution in [0, 0.1) is 23.2 Å². The minimum atomic E-state index is -2.23. The van der Waals surface area contributed by atoms with E-state index in [0.717, 1.165) is 45.8 Å². The summed E-state index contributed by atoms with van der Waals surface area (Å²) in [7, 11) is 0. The molecule has 1 atom stereocenters. The third kappa shape index (κ3) is 9.18. The fraction of sp³-hybridized carbons (Fsp3) is 1.00. The van der Waals surface area contributed by atoms with Gasteiger partial charge in [0, 0.05) is 38.1 Å². The third-order valence-corrected chi connectivity index (χ3v) is 7.97. The Morgan fingerprint density at radius 2 is 1.25 bits per heavy atom. The van der Waals surface area contributed by atoms with Gasteiger partial charge < -0.3 is 4.74 Å². The number of piperazine rings is 1. The van der Waals surface area contributed by atoms with Crippen molar-refractivity contribution in [3.8, 4) is 0 Å². The summed E-state index contributed by atoms with van der Waals surface area (Å²) in [5, 5.41) is 0. The van der Waals surface area contributed by atoms with Crippen molar-refractivity contribution in [3.63, 3.8) is 0 Å². The van der Waals surface area contributed by atoms with Crippen molar-refractivity contribution < 1.29 is 13.5 Å². The van der Waals surface area contributed by atoms with Crippen molar-refractivity contribution >= 4 is 0 Å². The van der Waals surface area contributed by atoms with Gasteiger partial charge in [0.2, 0.25) is 0 Å². The van der Waals surface area contributed by atoms with E-state index in [9.17, 15) is 8.78 Å². The van der Waals surface area contributed by atoms with Gasteiger partial charge in [0.15, 0.2) is 0 Å². The zero-order valence-electron chi connectivity index (χ0n) is 22.3. The highest BCUT2D eigenvalue weighted by molar-refractivity contribution is 4.95. The van der Waals surface area contributed by atoms with Crippen LogP contribution in [0.25, 0.3) is 0 Å². The van der Waals surface area contributed by atoms with Gasteiger partial charge in [-0.15, -0.1) is 0 Å². The van der Waals surface area contributed by atoms with E-state index < -0.39 is 6.43 Å². The van der Waals surface area contributed by atoms with Gasteiger partial charge in [0.25, 0.3) is 6.43 Å². The first-order chi connectivity index (χ1) is 15.2. The summed E-state index contributed by atoms with van der Waals surface area (Å²) in [4.78, 5) is 4.26. The minimum Gasteiger partial charge on any atom is -0.376 e. The van der Waals surface area contributed by atoms with Gasteiger partial charge in [-0.2, -0.15) is 0 Å². The molecule has 3 nitrogen and oxygen atoms in total. The standard InChI is InChI=1S/C27H54F2N2O/c1-8-9-10-11-12-13-14-25(27(22(2)3,23(4)5)24(6)7)32-20-19-30-15-17-31(18-16-30)21-26(28)29/h22-26H,8-21H2,1-7H3. The summed E-state index contributed by atoms with van der Waals surface area (Å²) in [5.74, 6) is 1.68. The Labute approximate surface area is 198 Å². The van der Waals surface area contributed by atoms with Crippen LogP contribution in [-0.2, 0) is 4.74 Å². The van der Waals surface area contributed by atoms with E-state index in [-0.39, 0.29) is 18.1 Å². The smallest absolute Gasteiger partial charge is 0.251 e. The van der Waals surface area contributed by atoms with Gasteiger partial charge in [0.1, 0.15) is 0 Å². The summed E-state index contributed by atoms with van der Waals surface area (Å²) in [5.41, 5.74) is 0.166. The average molecular weight is 461 g/mol. The second-order valence-electron chi connectivity index (χ2n) is 10.9. The maximum atomic E-state index is 12.6. The Morgan fingerprint density at radius 3 is 1.75 bits per heavy atom. The Morgan fingerprint density at radius 1 is 0.750 bits per heavy atom. The van der Waals surface area contributed by atoms with E-state index in [1.807, 2.05) is 4.90 Å². The van der Waals surface area contributed by atoms with Crippen molar-refractivity contribution in [1.82, 2.24) is 9.80 Å². The molecule has 0 spiro atoms. The molecule has 1 rings (SSSR count). The van der Waals surface area contributed by atoms with Crippen LogP contribution in [-0.4, -0.2) is 68.2 Å². The number of rotatable bonds is 17. The molecular weight excluding hydrogens is 406 g/mol. The lowest BCUT2D eigenvalue weighted by Crippen LogP contribution is -2.51. The monoisotopic (exact) mass is 460 g/mol. The molecule has 0 aliphatic carbocycles. The van der Waals surface area contributed by atoms with Crippen LogP contribution < -0.4 is 0 Å². The lowest BCUT2D eigenvalue weighted by atomic mass is 9.58. The first-order valence-corrected chi connectivity index (χ1v) is 13.5. The van der Waals surface area contributed by atoms with Gasteiger partial charge in [-0.05, 0) is 24.2 Å². The SMILES string of the molecule is CCCCCCCCC(OCCN1CCN(CC(F)F)CC1)C(C(C)C)(C(C)C)C(C)C. The van der Waals surface area contributed by atoms with Gasteiger partial charge in [0.05, 0.1) is 19.3 Å². The normalized spacial score (nSPS) is 17.9. The largest absolute Gasteiger partial charge is 0.376 e. The fourth-order valence-electron chi connectivity index (χ4n) is 6.42. The van der Waals surface area contributed by atoms with E-state index in [2.05, 4.69) is 53.4 Å². The number of hydrogen-bond acceptors (Lipinski definition) is 3. The van der Waals surface area contributed by atoms with Gasteiger partial charge >= 0.3 is 0 Å². The molecule has 0 saturated carbocycles. The summed E-state index contributed by atoms with van der Waals surface area (Å²) in [6, 6.07) is 0. The number of hydrogen-bond donors (Lipinski definition) is 0. The molecule has 1 saturated heterocycles. The van der Waals surface area contributed by atoms with Gasteiger partial charge in [-0.25, -0.2) is 8.78 Å². The molecular formula is C27H54F2N2O. The van der Waals surface area contributed by atoms with Crippen molar-refractivity contribution in [3.05, 3.63) is 0 Å². The first kappa shape index (κ1) is 29.8. The Balaban J connectivity index is 2.68. The first-order valence-electron chi connectivity index (χ1n) is 13.5. The van der Waals surface area contributed by atoms with E-state index in [0.29, 0.717) is 17.8 Å². The van der Waals surface area contributed by atoms with Crippen LogP contribution in [0.15, 0.2) is 0 Å². The molecule has 1 aliphatic rings. The second-order valence-corrected chi connectivity index (χ2v) is 10.9. The predicted octanol–water partition coefficient (Wildman–Crippen LogP) is 6.96. The fourth-order valence-corrected chi connectivity index (χ4v) is 6.42. The molecule has 1 unspecified atom stereocenters. The number of ether oxygens (including phenoxy) is 1. The highest BCUT2D eigenvalue weighted by Crippen LogP contribution is 2.48. The number of nitrogens with zero attached hydrogens (tertiary/aromatic N) is 2. The van der Waals surface area contributed by atoms with Crippen LogP contribution in [0.1, 0.15) is 93.4 Å². The number of alkyl halides is 2. The zero-order chi connectivity index (χ0) is 24.1. The molecule has 1 fully saturated rings.